The topological polar surface area (TPSA) is 102 Å². The molecule has 2 amide bonds. The Hall–Kier alpha value is -4.86. The molecular weight excluding hydrogens is 604 g/mol. The highest BCUT2D eigenvalue weighted by molar-refractivity contribution is 6.07. The molecule has 0 fully saturated rings. The number of rotatable bonds is 5. The molecule has 1 N–H and O–H groups in total. The molecule has 2 aliphatic heterocycles. The quantitative estimate of drug-likeness (QED) is 0.269. The van der Waals surface area contributed by atoms with Gasteiger partial charge in [0, 0.05) is 61.9 Å². The largest absolute Gasteiger partial charge is 0.444 e. The van der Waals surface area contributed by atoms with Gasteiger partial charge in [-0.1, -0.05) is 25.1 Å². The van der Waals surface area contributed by atoms with Gasteiger partial charge in [0.1, 0.15) is 22.8 Å². The van der Waals surface area contributed by atoms with E-state index in [9.17, 15) is 14.4 Å². The number of fused-ring (bicyclic) bond motifs is 4. The van der Waals surface area contributed by atoms with Crippen molar-refractivity contribution in [2.24, 2.45) is 7.05 Å². The molecule has 1 aromatic carbocycles. The predicted octanol–water partition coefficient (Wildman–Crippen LogP) is 6.39. The first kappa shape index (κ1) is 31.7. The molecule has 0 atom stereocenters. The summed E-state index contributed by atoms with van der Waals surface area (Å²) in [6.45, 7) is 10.1. The van der Waals surface area contributed by atoms with Crippen molar-refractivity contribution in [3.05, 3.63) is 92.8 Å². The molecule has 0 spiro atoms. The zero-order chi connectivity index (χ0) is 33.7. The zero-order valence-electron chi connectivity index (χ0n) is 28.6. The minimum Gasteiger partial charge on any atom is -0.444 e. The number of pyridine rings is 2. The van der Waals surface area contributed by atoms with E-state index in [1.807, 2.05) is 62.2 Å². The van der Waals surface area contributed by atoms with E-state index in [-0.39, 0.29) is 17.6 Å². The van der Waals surface area contributed by atoms with Crippen molar-refractivity contribution in [1.29, 1.82) is 0 Å². The molecule has 1 aliphatic carbocycles. The summed E-state index contributed by atoms with van der Waals surface area (Å²) in [7, 11) is 1.75. The number of hydrogen-bond acceptors (Lipinski definition) is 6. The highest BCUT2D eigenvalue weighted by Gasteiger charge is 2.32. The number of aryl methyl sites for hydroxylation is 2. The fraction of sp³-hybridized carbons (Fsp3) is 0.421. The first-order chi connectivity index (χ1) is 23.0. The summed E-state index contributed by atoms with van der Waals surface area (Å²) in [4.78, 5) is 48.4. The van der Waals surface area contributed by atoms with Gasteiger partial charge in [-0.05, 0) is 99.4 Å². The van der Waals surface area contributed by atoms with Crippen molar-refractivity contribution in [2.45, 2.75) is 84.9 Å². The number of ether oxygens (including phenoxy) is 1. The molecule has 5 heterocycles. The van der Waals surface area contributed by atoms with Crippen molar-refractivity contribution in [2.75, 3.05) is 23.3 Å². The van der Waals surface area contributed by atoms with Crippen LogP contribution in [0.25, 0.3) is 11.1 Å². The Bertz CT molecular complexity index is 1980. The molecule has 4 aromatic rings. The Morgan fingerprint density at radius 3 is 2.58 bits per heavy atom. The molecule has 0 unspecified atom stereocenters. The van der Waals surface area contributed by atoms with Gasteiger partial charge in [-0.15, -0.1) is 0 Å². The van der Waals surface area contributed by atoms with Gasteiger partial charge in [0.25, 0.3) is 11.5 Å². The van der Waals surface area contributed by atoms with Gasteiger partial charge in [-0.3, -0.25) is 9.59 Å². The normalized spacial score (nSPS) is 15.9. The van der Waals surface area contributed by atoms with Crippen LogP contribution in [0.4, 0.5) is 22.0 Å². The van der Waals surface area contributed by atoms with Crippen LogP contribution in [-0.4, -0.2) is 49.7 Å². The fourth-order valence-electron chi connectivity index (χ4n) is 7.39. The summed E-state index contributed by atoms with van der Waals surface area (Å²) >= 11 is 0. The number of aromatic nitrogens is 3. The van der Waals surface area contributed by atoms with Crippen LogP contribution in [0.2, 0.25) is 0 Å². The molecule has 250 valence electrons. The van der Waals surface area contributed by atoms with Crippen LogP contribution in [-0.2, 0) is 50.6 Å². The maximum absolute atomic E-state index is 13.9. The summed E-state index contributed by atoms with van der Waals surface area (Å²) in [6, 6.07) is 13.9. The monoisotopic (exact) mass is 648 g/mol. The molecule has 0 saturated heterocycles. The second-order valence-electron chi connectivity index (χ2n) is 14.1. The van der Waals surface area contributed by atoms with E-state index < -0.39 is 5.60 Å². The van der Waals surface area contributed by atoms with E-state index in [2.05, 4.69) is 28.9 Å². The maximum atomic E-state index is 13.9. The molecule has 0 radical (unpaired) electrons. The fourth-order valence-corrected chi connectivity index (χ4v) is 7.39. The second-order valence-corrected chi connectivity index (χ2v) is 14.1. The molecular formula is C38H44N6O4. The lowest BCUT2D eigenvalue weighted by molar-refractivity contribution is 0.0222. The van der Waals surface area contributed by atoms with Crippen LogP contribution < -0.4 is 15.8 Å². The lowest BCUT2D eigenvalue weighted by Crippen LogP contribution is -2.41. The minimum atomic E-state index is -0.555. The Labute approximate surface area is 281 Å². The van der Waals surface area contributed by atoms with Crippen molar-refractivity contribution in [3.8, 4) is 11.1 Å². The lowest BCUT2D eigenvalue weighted by atomic mass is 9.96. The predicted molar refractivity (Wildman–Crippen MR) is 187 cm³/mol. The first-order valence-corrected chi connectivity index (χ1v) is 17.1. The number of carbonyl (C=O) groups is 2. The van der Waals surface area contributed by atoms with Gasteiger partial charge in [0.15, 0.2) is 0 Å². The van der Waals surface area contributed by atoms with Crippen molar-refractivity contribution in [3.63, 3.8) is 0 Å². The number of anilines is 3. The van der Waals surface area contributed by atoms with Gasteiger partial charge in [-0.25, -0.2) is 9.78 Å². The standard InChI is InChI=1S/C38H44N6O4/c1-6-27-28(11-9-13-32(27)44-19-18-43-31-12-8-7-10-24(31)21-33(43)36(44)46)26-20-30(35(45)41(5)22-26)40-34-15-14-25-23-42(17-16-29(25)39-34)37(47)48-38(2,3)4/h9,11,13-15,20-22H,6-8,10,12,16-19,23H2,1-5H3,(H,39,40). The van der Waals surface area contributed by atoms with E-state index in [4.69, 9.17) is 9.72 Å². The Balaban J connectivity index is 1.16. The van der Waals surface area contributed by atoms with Gasteiger partial charge < -0.3 is 29.0 Å². The summed E-state index contributed by atoms with van der Waals surface area (Å²) < 4.78 is 9.39. The van der Waals surface area contributed by atoms with Crippen LogP contribution in [0.5, 0.6) is 0 Å². The van der Waals surface area contributed by atoms with Crippen molar-refractivity contribution >= 4 is 29.2 Å². The summed E-state index contributed by atoms with van der Waals surface area (Å²) in [5.41, 5.74) is 8.88. The smallest absolute Gasteiger partial charge is 0.410 e. The Kier molecular flexibility index (Phi) is 8.13. The van der Waals surface area contributed by atoms with Crippen LogP contribution >= 0.6 is 0 Å². The number of nitrogens with zero attached hydrogens (tertiary/aromatic N) is 5. The zero-order valence-corrected chi connectivity index (χ0v) is 28.6. The van der Waals surface area contributed by atoms with E-state index in [1.165, 1.54) is 24.1 Å². The first-order valence-electron chi connectivity index (χ1n) is 17.1. The SMILES string of the molecule is CCc1c(-c2cc(Nc3ccc4c(n3)CCN(C(=O)OC(C)(C)C)C4)c(=O)n(C)c2)cccc1N1CCn2c(cc3c2CCCC3)C1=O. The lowest BCUT2D eigenvalue weighted by Gasteiger charge is -2.32. The number of carbonyl (C=O) groups excluding carboxylic acids is 2. The summed E-state index contributed by atoms with van der Waals surface area (Å²) in [5.74, 6) is 0.626. The average molecular weight is 649 g/mol. The molecule has 3 aromatic heterocycles. The number of hydrogen-bond donors (Lipinski definition) is 1. The third-order valence-electron chi connectivity index (χ3n) is 9.67. The summed E-state index contributed by atoms with van der Waals surface area (Å²) in [6.07, 6.45) is 7.32. The van der Waals surface area contributed by atoms with Gasteiger partial charge >= 0.3 is 6.09 Å². The maximum Gasteiger partial charge on any atom is 0.410 e. The minimum absolute atomic E-state index is 0.0537. The third-order valence-corrected chi connectivity index (χ3v) is 9.67. The Morgan fingerprint density at radius 1 is 0.979 bits per heavy atom. The van der Waals surface area contributed by atoms with Crippen LogP contribution in [0.3, 0.4) is 0 Å². The molecule has 0 saturated carbocycles. The van der Waals surface area contributed by atoms with E-state index in [0.717, 1.165) is 65.1 Å². The number of amides is 2. The molecule has 3 aliphatic rings. The van der Waals surface area contributed by atoms with Crippen molar-refractivity contribution in [1.82, 2.24) is 19.0 Å². The van der Waals surface area contributed by atoms with Gasteiger partial charge in [0.2, 0.25) is 0 Å². The average Bonchev–Trinajstić information content (AvgIpc) is 3.45. The molecule has 48 heavy (non-hydrogen) atoms. The number of benzene rings is 1. The second kappa shape index (κ2) is 12.3. The molecule has 7 rings (SSSR count). The molecule has 0 bridgehead atoms. The number of nitrogens with one attached hydrogen (secondary N) is 1. The van der Waals surface area contributed by atoms with Crippen LogP contribution in [0.15, 0.2) is 53.5 Å². The van der Waals surface area contributed by atoms with Crippen LogP contribution in [0.1, 0.15) is 79.1 Å². The van der Waals surface area contributed by atoms with Crippen LogP contribution in [0, 0.1) is 0 Å². The van der Waals surface area contributed by atoms with Gasteiger partial charge in [0.05, 0.1) is 6.54 Å². The highest BCUT2D eigenvalue weighted by Crippen LogP contribution is 2.36. The van der Waals surface area contributed by atoms with E-state index >= 15 is 0 Å². The molecule has 10 nitrogen and oxygen atoms in total. The third kappa shape index (κ3) is 5.88. The Morgan fingerprint density at radius 2 is 1.79 bits per heavy atom. The van der Waals surface area contributed by atoms with E-state index in [0.29, 0.717) is 37.6 Å². The van der Waals surface area contributed by atoms with Crippen molar-refractivity contribution < 1.29 is 14.3 Å². The summed E-state index contributed by atoms with van der Waals surface area (Å²) in [5, 5.41) is 3.28. The molecule has 10 heteroatoms. The van der Waals surface area contributed by atoms with Gasteiger partial charge in [-0.2, -0.15) is 0 Å². The highest BCUT2D eigenvalue weighted by atomic mass is 16.6. The van der Waals surface area contributed by atoms with E-state index in [1.54, 1.807) is 16.5 Å².